The van der Waals surface area contributed by atoms with E-state index >= 15 is 4.39 Å². The number of ether oxygens (including phenoxy) is 2. The van der Waals surface area contributed by atoms with Crippen molar-refractivity contribution in [2.75, 3.05) is 27.3 Å². The molecule has 4 atom stereocenters. The lowest BCUT2D eigenvalue weighted by atomic mass is 10.0. The van der Waals surface area contributed by atoms with E-state index in [-0.39, 0.29) is 41.6 Å². The van der Waals surface area contributed by atoms with Crippen LogP contribution in [0.25, 0.3) is 53.6 Å². The number of likely N-dealkylation sites (tertiary alicyclic amines) is 2. The summed E-state index contributed by atoms with van der Waals surface area (Å²) in [5.41, 5.74) is 3.83. The molecule has 0 spiro atoms. The van der Waals surface area contributed by atoms with Crippen molar-refractivity contribution in [3.63, 3.8) is 0 Å². The fourth-order valence-corrected chi connectivity index (χ4v) is 9.64. The second-order valence-electron chi connectivity index (χ2n) is 16.3. The zero-order chi connectivity index (χ0) is 42.4. The predicted octanol–water partition coefficient (Wildman–Crippen LogP) is 8.22. The molecule has 4 N–H and O–H groups in total. The number of nitrogens with one attached hydrogen (secondary N) is 4. The summed E-state index contributed by atoms with van der Waals surface area (Å²) in [7, 11) is 2.55. The fraction of sp³-hybridized carbons (Fsp3) is 0.409. The molecule has 0 radical (unpaired) electrons. The van der Waals surface area contributed by atoms with Crippen molar-refractivity contribution in [3.05, 3.63) is 72.2 Å². The zero-order valence-corrected chi connectivity index (χ0v) is 35.2. The topological polar surface area (TPSA) is 175 Å². The number of nitrogens with zero attached hydrogens (tertiary/aromatic N) is 4. The van der Waals surface area contributed by atoms with Gasteiger partial charge in [-0.2, -0.15) is 0 Å². The third kappa shape index (κ3) is 7.52. The number of aromatic nitrogens is 4. The summed E-state index contributed by atoms with van der Waals surface area (Å²) in [4.78, 5) is 72.0. The molecule has 3 aromatic carbocycles. The lowest BCUT2D eigenvalue weighted by Crippen LogP contribution is -2.51. The van der Waals surface area contributed by atoms with Gasteiger partial charge in [0.1, 0.15) is 29.5 Å². The van der Waals surface area contributed by atoms with Gasteiger partial charge in [-0.15, -0.1) is 11.3 Å². The lowest BCUT2D eigenvalue weighted by molar-refractivity contribution is -0.136. The van der Waals surface area contributed by atoms with Crippen LogP contribution in [0.4, 0.5) is 14.0 Å². The Hall–Kier alpha value is -6.03. The van der Waals surface area contributed by atoms with E-state index in [4.69, 9.17) is 14.5 Å². The minimum Gasteiger partial charge on any atom is -0.453 e. The van der Waals surface area contributed by atoms with Crippen LogP contribution in [-0.2, 0) is 19.1 Å². The number of H-pyrrole nitrogens is 2. The van der Waals surface area contributed by atoms with E-state index in [1.807, 2.05) is 76.2 Å². The van der Waals surface area contributed by atoms with Crippen LogP contribution in [-0.4, -0.2) is 93.1 Å². The van der Waals surface area contributed by atoms with Gasteiger partial charge in [-0.05, 0) is 72.7 Å². The Morgan fingerprint density at radius 1 is 0.783 bits per heavy atom. The molecule has 2 fully saturated rings. The van der Waals surface area contributed by atoms with Crippen LogP contribution in [0.5, 0.6) is 0 Å². The molecule has 8 rings (SSSR count). The first kappa shape index (κ1) is 40.7. The van der Waals surface area contributed by atoms with Gasteiger partial charge < -0.3 is 39.9 Å². The minimum atomic E-state index is -0.734. The highest BCUT2D eigenvalue weighted by Crippen LogP contribution is 2.41. The highest BCUT2D eigenvalue weighted by Gasteiger charge is 2.39. The molecule has 0 aliphatic carbocycles. The monoisotopic (exact) mass is 836 g/mol. The number of fused-ring (bicyclic) bond motifs is 4. The molecule has 60 heavy (non-hydrogen) atoms. The van der Waals surface area contributed by atoms with E-state index in [0.717, 1.165) is 63.3 Å². The van der Waals surface area contributed by atoms with E-state index in [0.29, 0.717) is 40.7 Å². The molecule has 3 aromatic heterocycles. The molecule has 0 unspecified atom stereocenters. The van der Waals surface area contributed by atoms with Crippen molar-refractivity contribution in [2.24, 2.45) is 11.8 Å². The van der Waals surface area contributed by atoms with E-state index < -0.39 is 24.3 Å². The third-order valence-corrected chi connectivity index (χ3v) is 13.0. The molecule has 2 aliphatic heterocycles. The summed E-state index contributed by atoms with van der Waals surface area (Å²) in [5.74, 6) is 0.376. The summed E-state index contributed by atoms with van der Waals surface area (Å²) in [5, 5.41) is 7.69. The van der Waals surface area contributed by atoms with Crippen LogP contribution < -0.4 is 10.6 Å². The van der Waals surface area contributed by atoms with E-state index in [2.05, 4.69) is 25.6 Å². The normalized spacial score (nSPS) is 17.9. The van der Waals surface area contributed by atoms with Gasteiger partial charge in [0, 0.05) is 34.1 Å². The van der Waals surface area contributed by atoms with Gasteiger partial charge in [-0.25, -0.2) is 23.9 Å². The summed E-state index contributed by atoms with van der Waals surface area (Å²) in [6.45, 7) is 8.63. The maximum atomic E-state index is 16.4. The first-order chi connectivity index (χ1) is 28.9. The second kappa shape index (κ2) is 16.6. The van der Waals surface area contributed by atoms with Crippen molar-refractivity contribution >= 4 is 67.2 Å². The molecular formula is C44H49FN8O6S. The quantitative estimate of drug-likeness (QED) is 0.107. The summed E-state index contributed by atoms with van der Waals surface area (Å²) in [6, 6.07) is 13.5. The van der Waals surface area contributed by atoms with E-state index in [1.54, 1.807) is 16.0 Å². The first-order valence-electron chi connectivity index (χ1n) is 20.4. The average molecular weight is 837 g/mol. The summed E-state index contributed by atoms with van der Waals surface area (Å²) in [6.07, 6.45) is 3.48. The maximum Gasteiger partial charge on any atom is 0.407 e. The van der Waals surface area contributed by atoms with Gasteiger partial charge in [0.25, 0.3) is 0 Å². The number of rotatable bonds is 10. The molecule has 314 valence electrons. The van der Waals surface area contributed by atoms with Gasteiger partial charge in [0.15, 0.2) is 0 Å². The number of hydrogen-bond acceptors (Lipinski definition) is 9. The number of imidazole rings is 2. The molecule has 0 bridgehead atoms. The lowest BCUT2D eigenvalue weighted by Gasteiger charge is -2.30. The highest BCUT2D eigenvalue weighted by molar-refractivity contribution is 7.22. The highest BCUT2D eigenvalue weighted by atomic mass is 32.1. The Morgan fingerprint density at radius 3 is 2.02 bits per heavy atom. The van der Waals surface area contributed by atoms with Crippen LogP contribution in [0.1, 0.15) is 77.1 Å². The Labute approximate surface area is 350 Å². The van der Waals surface area contributed by atoms with Crippen LogP contribution in [0.15, 0.2) is 54.7 Å². The molecule has 16 heteroatoms. The predicted molar refractivity (Wildman–Crippen MR) is 228 cm³/mol. The van der Waals surface area contributed by atoms with Crippen LogP contribution in [0.2, 0.25) is 0 Å². The SMILES string of the molecule is COC(=O)N[C@H](C(=O)N1CCC[C@H]1c1ncc(-c2ccc3sc(-c4ccc5c(ccc6[nH]c([C@@H]7CCCN7C(=O)[C@@H](NC(=O)OC)C(C)C)nc65)c4)c(F)c3c2)[nH]1)C(C)C. The number of benzene rings is 3. The maximum absolute atomic E-state index is 16.4. The molecule has 2 aliphatic rings. The average Bonchev–Trinajstić information content (AvgIpc) is 4.10. The van der Waals surface area contributed by atoms with Crippen molar-refractivity contribution in [1.82, 2.24) is 40.4 Å². The Morgan fingerprint density at radius 2 is 1.40 bits per heavy atom. The van der Waals surface area contributed by atoms with Crippen molar-refractivity contribution in [1.29, 1.82) is 0 Å². The Bertz CT molecular complexity index is 2620. The second-order valence-corrected chi connectivity index (χ2v) is 17.3. The standard InChI is InChI=1S/C44H49FN8O6S/c1-22(2)35(50-43(56)58-5)41(54)52-17-7-9-31(52)39-46-21-30(48-39)25-13-16-33-28(20-25)34(45)38(60-33)26-11-14-27-24(19-26)12-15-29-37(27)49-40(47-29)32-10-8-18-53(32)42(55)36(23(3)4)51-44(57)59-6/h11-16,19-23,31-32,35-36H,7-10,17-18H2,1-6H3,(H,46,48)(H,47,49)(H,50,56)(H,51,57)/t31-,32-,35-,36-/m0/s1. The first-order valence-corrected chi connectivity index (χ1v) is 21.2. The third-order valence-electron chi connectivity index (χ3n) is 11.8. The van der Waals surface area contributed by atoms with E-state index in [1.165, 1.54) is 25.6 Å². The largest absolute Gasteiger partial charge is 0.453 e. The van der Waals surface area contributed by atoms with Crippen molar-refractivity contribution in [3.8, 4) is 21.7 Å². The smallest absolute Gasteiger partial charge is 0.407 e. The molecule has 5 heterocycles. The number of carbonyl (C=O) groups is 4. The molecule has 14 nitrogen and oxygen atoms in total. The van der Waals surface area contributed by atoms with Crippen molar-refractivity contribution < 1.29 is 33.0 Å². The van der Waals surface area contributed by atoms with Gasteiger partial charge in [0.05, 0.1) is 54.1 Å². The number of carbonyl (C=O) groups excluding carboxylic acids is 4. The van der Waals surface area contributed by atoms with Gasteiger partial charge in [-0.3, -0.25) is 9.59 Å². The number of methoxy groups -OCH3 is 2. The van der Waals surface area contributed by atoms with Crippen molar-refractivity contribution in [2.45, 2.75) is 77.5 Å². The Kier molecular flexibility index (Phi) is 11.2. The van der Waals surface area contributed by atoms with Gasteiger partial charge >= 0.3 is 12.2 Å². The summed E-state index contributed by atoms with van der Waals surface area (Å²) >= 11 is 1.39. The molecule has 2 saturated heterocycles. The van der Waals surface area contributed by atoms with Crippen LogP contribution in [0, 0.1) is 17.7 Å². The number of thiophene rings is 1. The Balaban J connectivity index is 1.03. The van der Waals surface area contributed by atoms with Crippen LogP contribution in [0.3, 0.4) is 0 Å². The number of hydrogen-bond donors (Lipinski definition) is 4. The molecule has 0 saturated carbocycles. The number of halogens is 1. The zero-order valence-electron chi connectivity index (χ0n) is 34.4. The minimum absolute atomic E-state index is 0.138. The number of amides is 4. The molecule has 6 aromatic rings. The van der Waals surface area contributed by atoms with E-state index in [9.17, 15) is 19.2 Å². The summed E-state index contributed by atoms with van der Waals surface area (Å²) < 4.78 is 26.7. The van der Waals surface area contributed by atoms with Gasteiger partial charge in [-0.1, -0.05) is 52.0 Å². The van der Waals surface area contributed by atoms with Gasteiger partial charge in [0.2, 0.25) is 11.8 Å². The number of alkyl carbamates (subject to hydrolysis) is 2. The number of aromatic amines is 2. The molecular weight excluding hydrogens is 788 g/mol. The van der Waals surface area contributed by atoms with Crippen LogP contribution >= 0.6 is 11.3 Å². The fourth-order valence-electron chi connectivity index (χ4n) is 8.58. The molecule has 4 amide bonds.